The van der Waals surface area contributed by atoms with Gasteiger partial charge in [-0.05, 0) is 63.8 Å². The third-order valence-electron chi connectivity index (χ3n) is 3.47. The fourth-order valence-corrected chi connectivity index (χ4v) is 2.86. The van der Waals surface area contributed by atoms with Crippen LogP contribution in [0.15, 0.2) is 40.9 Å². The van der Waals surface area contributed by atoms with Crippen LogP contribution < -0.4 is 14.8 Å². The van der Waals surface area contributed by atoms with Gasteiger partial charge in [0.05, 0.1) is 11.6 Å². The zero-order valence-corrected chi connectivity index (χ0v) is 15.8. The Morgan fingerprint density at radius 3 is 2.46 bits per heavy atom. The van der Waals surface area contributed by atoms with Crippen LogP contribution in [0.25, 0.3) is 0 Å². The molecule has 0 unspecified atom stereocenters. The number of methoxy groups -OCH3 is 1. The van der Waals surface area contributed by atoms with Gasteiger partial charge in [0.2, 0.25) is 0 Å². The second-order valence-corrected chi connectivity index (χ2v) is 6.90. The molecule has 0 aromatic heterocycles. The first-order valence-electron chi connectivity index (χ1n) is 7.94. The molecule has 0 heterocycles. The van der Waals surface area contributed by atoms with Gasteiger partial charge >= 0.3 is 0 Å². The molecule has 0 saturated heterocycles. The standard InChI is InChI=1S/C19H23BrFNO2/c1-13(2)10-22-11-15-8-17(20)19(18(9-15)23-3)24-12-14-4-6-16(21)7-5-14/h4-9,13,22H,10-12H2,1-3H3. The van der Waals surface area contributed by atoms with Gasteiger partial charge < -0.3 is 14.8 Å². The lowest BCUT2D eigenvalue weighted by atomic mass is 10.1. The van der Waals surface area contributed by atoms with Crippen molar-refractivity contribution in [2.45, 2.75) is 27.0 Å². The molecule has 0 radical (unpaired) electrons. The predicted octanol–water partition coefficient (Wildman–Crippen LogP) is 4.92. The summed E-state index contributed by atoms with van der Waals surface area (Å²) in [6.07, 6.45) is 0. The van der Waals surface area contributed by atoms with E-state index in [9.17, 15) is 4.39 Å². The van der Waals surface area contributed by atoms with Crippen molar-refractivity contribution in [1.29, 1.82) is 0 Å². The van der Waals surface area contributed by atoms with Crippen LogP contribution in [0.1, 0.15) is 25.0 Å². The lowest BCUT2D eigenvalue weighted by molar-refractivity contribution is 0.282. The second kappa shape index (κ2) is 9.04. The Morgan fingerprint density at radius 2 is 1.83 bits per heavy atom. The number of halogens is 2. The van der Waals surface area contributed by atoms with Crippen LogP contribution >= 0.6 is 15.9 Å². The molecule has 0 fully saturated rings. The molecule has 0 aliphatic rings. The third kappa shape index (κ3) is 5.49. The molecule has 0 saturated carbocycles. The van der Waals surface area contributed by atoms with Crippen LogP contribution in [0.3, 0.4) is 0 Å². The Kier molecular flexibility index (Phi) is 7.06. The Bertz CT molecular complexity index is 659. The number of hydrogen-bond donors (Lipinski definition) is 1. The van der Waals surface area contributed by atoms with Crippen LogP contribution in [0.5, 0.6) is 11.5 Å². The van der Waals surface area contributed by atoms with Crippen molar-refractivity contribution in [2.24, 2.45) is 5.92 Å². The maximum atomic E-state index is 13.0. The normalized spacial score (nSPS) is 10.9. The minimum absolute atomic E-state index is 0.254. The molecule has 24 heavy (non-hydrogen) atoms. The maximum Gasteiger partial charge on any atom is 0.175 e. The molecule has 2 aromatic rings. The molecule has 0 atom stereocenters. The quantitative estimate of drug-likeness (QED) is 0.687. The van der Waals surface area contributed by atoms with Crippen LogP contribution in [-0.2, 0) is 13.2 Å². The van der Waals surface area contributed by atoms with Crippen molar-refractivity contribution < 1.29 is 13.9 Å². The molecule has 5 heteroatoms. The van der Waals surface area contributed by atoms with Gasteiger partial charge in [-0.1, -0.05) is 26.0 Å². The Hall–Kier alpha value is -1.59. The van der Waals surface area contributed by atoms with Gasteiger partial charge in [-0.2, -0.15) is 0 Å². The molecule has 0 bridgehead atoms. The molecule has 3 nitrogen and oxygen atoms in total. The molecule has 0 aliphatic heterocycles. The van der Waals surface area contributed by atoms with Gasteiger partial charge in [0.1, 0.15) is 12.4 Å². The number of rotatable bonds is 8. The topological polar surface area (TPSA) is 30.5 Å². The highest BCUT2D eigenvalue weighted by Gasteiger charge is 2.12. The molecule has 2 aromatic carbocycles. The third-order valence-corrected chi connectivity index (χ3v) is 4.06. The Labute approximate surface area is 151 Å². The Balaban J connectivity index is 2.07. The number of nitrogens with one attached hydrogen (secondary N) is 1. The summed E-state index contributed by atoms with van der Waals surface area (Å²) in [6, 6.07) is 10.3. The summed E-state index contributed by atoms with van der Waals surface area (Å²) < 4.78 is 25.1. The van der Waals surface area contributed by atoms with Crippen LogP contribution in [-0.4, -0.2) is 13.7 Å². The molecule has 0 amide bonds. The zero-order valence-electron chi connectivity index (χ0n) is 14.2. The van der Waals surface area contributed by atoms with E-state index in [2.05, 4.69) is 35.1 Å². The summed E-state index contributed by atoms with van der Waals surface area (Å²) in [6.45, 7) is 6.43. The number of ether oxygens (including phenoxy) is 2. The van der Waals surface area contributed by atoms with E-state index in [0.29, 0.717) is 24.0 Å². The minimum atomic E-state index is -0.254. The van der Waals surface area contributed by atoms with Gasteiger partial charge in [-0.25, -0.2) is 4.39 Å². The van der Waals surface area contributed by atoms with Gasteiger partial charge in [-0.15, -0.1) is 0 Å². The van der Waals surface area contributed by atoms with E-state index in [1.165, 1.54) is 12.1 Å². The fraction of sp³-hybridized carbons (Fsp3) is 0.368. The minimum Gasteiger partial charge on any atom is -0.493 e. The molecule has 0 aliphatic carbocycles. The molecule has 130 valence electrons. The summed E-state index contributed by atoms with van der Waals surface area (Å²) in [5, 5.41) is 3.41. The molecule has 0 spiro atoms. The van der Waals surface area contributed by atoms with E-state index in [1.807, 2.05) is 12.1 Å². The van der Waals surface area contributed by atoms with E-state index >= 15 is 0 Å². The average molecular weight is 396 g/mol. The van der Waals surface area contributed by atoms with Gasteiger partial charge in [-0.3, -0.25) is 0 Å². The highest BCUT2D eigenvalue weighted by molar-refractivity contribution is 9.10. The monoisotopic (exact) mass is 395 g/mol. The smallest absolute Gasteiger partial charge is 0.175 e. The first kappa shape index (κ1) is 18.7. The van der Waals surface area contributed by atoms with Gasteiger partial charge in [0.25, 0.3) is 0 Å². The van der Waals surface area contributed by atoms with Crippen molar-refractivity contribution in [3.05, 3.63) is 57.8 Å². The SMILES string of the molecule is COc1cc(CNCC(C)C)cc(Br)c1OCc1ccc(F)cc1. The van der Waals surface area contributed by atoms with Crippen LogP contribution in [0.2, 0.25) is 0 Å². The second-order valence-electron chi connectivity index (χ2n) is 6.05. The van der Waals surface area contributed by atoms with Gasteiger partial charge in [0.15, 0.2) is 11.5 Å². The molecule has 1 N–H and O–H groups in total. The summed E-state index contributed by atoms with van der Waals surface area (Å²) in [4.78, 5) is 0. The summed E-state index contributed by atoms with van der Waals surface area (Å²) in [5.41, 5.74) is 2.02. The first-order chi connectivity index (χ1) is 11.5. The van der Waals surface area contributed by atoms with Crippen molar-refractivity contribution in [3.63, 3.8) is 0 Å². The van der Waals surface area contributed by atoms with E-state index in [0.717, 1.165) is 28.7 Å². The lowest BCUT2D eigenvalue weighted by Crippen LogP contribution is -2.19. The molecular formula is C19H23BrFNO2. The summed E-state index contributed by atoms with van der Waals surface area (Å²) >= 11 is 3.55. The fourth-order valence-electron chi connectivity index (χ4n) is 2.26. The molecule has 2 rings (SSSR count). The van der Waals surface area contributed by atoms with Crippen LogP contribution in [0, 0.1) is 11.7 Å². The maximum absolute atomic E-state index is 13.0. The van der Waals surface area contributed by atoms with E-state index < -0.39 is 0 Å². The zero-order chi connectivity index (χ0) is 17.5. The number of benzene rings is 2. The van der Waals surface area contributed by atoms with Crippen molar-refractivity contribution in [1.82, 2.24) is 5.32 Å². The van der Waals surface area contributed by atoms with Crippen molar-refractivity contribution >= 4 is 15.9 Å². The highest BCUT2D eigenvalue weighted by atomic mass is 79.9. The lowest BCUT2D eigenvalue weighted by Gasteiger charge is -2.15. The number of hydrogen-bond acceptors (Lipinski definition) is 3. The average Bonchev–Trinajstić information content (AvgIpc) is 2.54. The van der Waals surface area contributed by atoms with E-state index in [4.69, 9.17) is 9.47 Å². The first-order valence-corrected chi connectivity index (χ1v) is 8.73. The predicted molar refractivity (Wildman–Crippen MR) is 98.0 cm³/mol. The summed E-state index contributed by atoms with van der Waals surface area (Å²) in [5.74, 6) is 1.67. The van der Waals surface area contributed by atoms with Gasteiger partial charge in [0, 0.05) is 6.54 Å². The Morgan fingerprint density at radius 1 is 1.12 bits per heavy atom. The highest BCUT2D eigenvalue weighted by Crippen LogP contribution is 2.37. The molecular weight excluding hydrogens is 373 g/mol. The largest absolute Gasteiger partial charge is 0.493 e. The van der Waals surface area contributed by atoms with Crippen molar-refractivity contribution in [2.75, 3.05) is 13.7 Å². The van der Waals surface area contributed by atoms with E-state index in [-0.39, 0.29) is 5.82 Å². The summed E-state index contributed by atoms with van der Waals surface area (Å²) in [7, 11) is 1.62. The van der Waals surface area contributed by atoms with Crippen molar-refractivity contribution in [3.8, 4) is 11.5 Å². The van der Waals surface area contributed by atoms with Crippen LogP contribution in [0.4, 0.5) is 4.39 Å². The van der Waals surface area contributed by atoms with E-state index in [1.54, 1.807) is 19.2 Å².